The third kappa shape index (κ3) is 4.74. The molecule has 3 aliphatic carbocycles. The van der Waals surface area contributed by atoms with Crippen molar-refractivity contribution in [2.75, 3.05) is 0 Å². The summed E-state index contributed by atoms with van der Waals surface area (Å²) in [5, 5.41) is 1.52. The first-order valence-corrected chi connectivity index (χ1v) is 20.2. The molecule has 4 aromatic carbocycles. The second-order valence-electron chi connectivity index (χ2n) is 14.4. The highest BCUT2D eigenvalue weighted by molar-refractivity contribution is 6.79. The second kappa shape index (κ2) is 11.6. The standard InChI is InChI=1S/C46H41O2Si/c1-27-19-22-34-35(40(27)30-13-8-6-9-14-30)26-36(38-23-20-28(2)47-38)42(34)43-37-25-32-17-12-18-33(32)41(31-15-10-7-11-16-31)44(37)46(49(4)5)45(43)39-24-21-29(3)48-39/h6-11,13-16,19-26,42-43H,12,17-18H2,1-5H3. The van der Waals surface area contributed by atoms with Gasteiger partial charge in [0.1, 0.15) is 23.0 Å². The molecule has 0 aliphatic heterocycles. The number of benzene rings is 4. The summed E-state index contributed by atoms with van der Waals surface area (Å²) in [6.45, 7) is 11.3. The first-order chi connectivity index (χ1) is 23.9. The van der Waals surface area contributed by atoms with Gasteiger partial charge in [-0.15, -0.1) is 0 Å². The molecule has 0 amide bonds. The molecule has 2 nitrogen and oxygen atoms in total. The molecule has 3 heteroatoms. The molecule has 2 aromatic heterocycles. The van der Waals surface area contributed by atoms with Crippen molar-refractivity contribution < 1.29 is 8.83 Å². The van der Waals surface area contributed by atoms with Gasteiger partial charge in [-0.05, 0) is 137 Å². The molecule has 49 heavy (non-hydrogen) atoms. The molecule has 2 heterocycles. The molecule has 9 rings (SSSR count). The van der Waals surface area contributed by atoms with Crippen LogP contribution in [0.4, 0.5) is 0 Å². The zero-order valence-corrected chi connectivity index (χ0v) is 30.0. The van der Waals surface area contributed by atoms with Crippen LogP contribution in [0.5, 0.6) is 0 Å². The molecule has 0 bridgehead atoms. The molecule has 0 saturated carbocycles. The minimum absolute atomic E-state index is 0.0599. The summed E-state index contributed by atoms with van der Waals surface area (Å²) >= 11 is 0. The van der Waals surface area contributed by atoms with E-state index < -0.39 is 8.80 Å². The predicted molar refractivity (Wildman–Crippen MR) is 205 cm³/mol. The van der Waals surface area contributed by atoms with Gasteiger partial charge in [-0.25, -0.2) is 0 Å². The Morgan fingerprint density at radius 2 is 1.27 bits per heavy atom. The Hall–Kier alpha value is -4.86. The van der Waals surface area contributed by atoms with Gasteiger partial charge in [-0.2, -0.15) is 0 Å². The van der Waals surface area contributed by atoms with Gasteiger partial charge >= 0.3 is 0 Å². The first kappa shape index (κ1) is 30.2. The van der Waals surface area contributed by atoms with Crippen molar-refractivity contribution in [2.45, 2.75) is 65.0 Å². The predicted octanol–water partition coefficient (Wildman–Crippen LogP) is 12.3. The third-order valence-electron chi connectivity index (χ3n) is 11.0. The zero-order chi connectivity index (χ0) is 33.4. The van der Waals surface area contributed by atoms with E-state index in [9.17, 15) is 0 Å². The lowest BCUT2D eigenvalue weighted by Gasteiger charge is -2.28. The number of rotatable bonds is 6. The maximum Gasteiger partial charge on any atom is 0.130 e. The summed E-state index contributed by atoms with van der Waals surface area (Å²) in [6.07, 6.45) is 5.93. The van der Waals surface area contributed by atoms with E-state index >= 15 is 0 Å². The summed E-state index contributed by atoms with van der Waals surface area (Å²) < 4.78 is 13.2. The molecule has 0 N–H and O–H groups in total. The zero-order valence-electron chi connectivity index (χ0n) is 29.0. The molecule has 0 saturated heterocycles. The Morgan fingerprint density at radius 1 is 0.612 bits per heavy atom. The van der Waals surface area contributed by atoms with E-state index in [1.165, 1.54) is 78.4 Å². The van der Waals surface area contributed by atoms with E-state index in [4.69, 9.17) is 8.83 Å². The molecule has 241 valence electrons. The number of aryl methyl sites for hydroxylation is 4. The van der Waals surface area contributed by atoms with Crippen LogP contribution in [0.3, 0.4) is 0 Å². The van der Waals surface area contributed by atoms with E-state index in [2.05, 4.69) is 143 Å². The maximum absolute atomic E-state index is 6.68. The van der Waals surface area contributed by atoms with Gasteiger partial charge < -0.3 is 8.83 Å². The van der Waals surface area contributed by atoms with Crippen LogP contribution in [0.15, 0.2) is 112 Å². The smallest absolute Gasteiger partial charge is 0.130 e. The van der Waals surface area contributed by atoms with E-state index in [0.717, 1.165) is 35.9 Å². The highest BCUT2D eigenvalue weighted by Crippen LogP contribution is 2.63. The maximum atomic E-state index is 6.68. The van der Waals surface area contributed by atoms with Crippen molar-refractivity contribution in [1.29, 1.82) is 0 Å². The minimum atomic E-state index is -0.952. The quantitative estimate of drug-likeness (QED) is 0.167. The van der Waals surface area contributed by atoms with Crippen LogP contribution in [0.2, 0.25) is 13.1 Å². The molecule has 2 atom stereocenters. The largest absolute Gasteiger partial charge is 0.462 e. The Bertz CT molecular complexity index is 2310. The van der Waals surface area contributed by atoms with E-state index in [1.54, 1.807) is 5.56 Å². The summed E-state index contributed by atoms with van der Waals surface area (Å²) in [4.78, 5) is 0. The number of hydrogen-bond acceptors (Lipinski definition) is 2. The van der Waals surface area contributed by atoms with Crippen LogP contribution in [0.1, 0.15) is 80.2 Å². The highest BCUT2D eigenvalue weighted by atomic mass is 28.3. The molecule has 0 fully saturated rings. The lowest BCUT2D eigenvalue weighted by molar-refractivity contribution is 0.510. The van der Waals surface area contributed by atoms with Crippen molar-refractivity contribution in [3.8, 4) is 22.3 Å². The molecular weight excluding hydrogens is 613 g/mol. The Kier molecular flexibility index (Phi) is 7.17. The van der Waals surface area contributed by atoms with Crippen molar-refractivity contribution in [1.82, 2.24) is 0 Å². The summed E-state index contributed by atoms with van der Waals surface area (Å²) in [5.74, 6) is 4.00. The monoisotopic (exact) mass is 653 g/mol. The van der Waals surface area contributed by atoms with Gasteiger partial charge in [0.05, 0.1) is 8.80 Å². The minimum Gasteiger partial charge on any atom is -0.462 e. The fourth-order valence-corrected chi connectivity index (χ4v) is 10.7. The van der Waals surface area contributed by atoms with Gasteiger partial charge in [0, 0.05) is 23.0 Å². The van der Waals surface area contributed by atoms with Crippen molar-refractivity contribution in [3.63, 3.8) is 0 Å². The fraction of sp³-hybridized carbons (Fsp3) is 0.217. The lowest BCUT2D eigenvalue weighted by atomic mass is 9.74. The third-order valence-corrected chi connectivity index (χ3v) is 12.6. The average molecular weight is 654 g/mol. The Balaban J connectivity index is 1.39. The number of hydrogen-bond donors (Lipinski definition) is 0. The van der Waals surface area contributed by atoms with E-state index in [0.29, 0.717) is 0 Å². The van der Waals surface area contributed by atoms with Gasteiger partial charge in [0.25, 0.3) is 0 Å². The summed E-state index contributed by atoms with van der Waals surface area (Å²) in [5.41, 5.74) is 18.0. The van der Waals surface area contributed by atoms with E-state index in [-0.39, 0.29) is 11.8 Å². The normalized spacial score (nSPS) is 17.9. The SMILES string of the molecule is Cc1ccc(C2=Cc3c(ccc(C)c3-c3ccccc3)C2C2C(c3ccc(C)o3)=C([Si](C)C)c3c2cc2c(c3-c3ccccc3)CCC2)o1. The molecule has 2 unspecified atom stereocenters. The summed E-state index contributed by atoms with van der Waals surface area (Å²) in [7, 11) is -0.952. The van der Waals surface area contributed by atoms with E-state index in [1.807, 2.05) is 0 Å². The van der Waals surface area contributed by atoms with Crippen molar-refractivity contribution in [3.05, 3.63) is 165 Å². The Morgan fingerprint density at radius 3 is 1.90 bits per heavy atom. The van der Waals surface area contributed by atoms with Crippen molar-refractivity contribution in [2.24, 2.45) is 0 Å². The van der Waals surface area contributed by atoms with Gasteiger partial charge in [-0.3, -0.25) is 0 Å². The topological polar surface area (TPSA) is 26.3 Å². The fourth-order valence-electron chi connectivity index (χ4n) is 9.12. The highest BCUT2D eigenvalue weighted by Gasteiger charge is 2.46. The van der Waals surface area contributed by atoms with Gasteiger partial charge in [0.15, 0.2) is 0 Å². The Labute approximate surface area is 291 Å². The van der Waals surface area contributed by atoms with Crippen LogP contribution in [-0.4, -0.2) is 8.80 Å². The van der Waals surface area contributed by atoms with Crippen LogP contribution >= 0.6 is 0 Å². The van der Waals surface area contributed by atoms with Crippen LogP contribution in [0.25, 0.3) is 44.7 Å². The van der Waals surface area contributed by atoms with Gasteiger partial charge in [-0.1, -0.05) is 92.0 Å². The molecular formula is C46H41O2Si. The number of fused-ring (bicyclic) bond motifs is 3. The molecule has 0 spiro atoms. The lowest BCUT2D eigenvalue weighted by Crippen LogP contribution is -2.13. The van der Waals surface area contributed by atoms with Crippen molar-refractivity contribution >= 4 is 31.2 Å². The van der Waals surface area contributed by atoms with Crippen LogP contribution in [0, 0.1) is 20.8 Å². The molecule has 3 aliphatic rings. The first-order valence-electron chi connectivity index (χ1n) is 17.7. The average Bonchev–Trinajstić information content (AvgIpc) is 3.94. The summed E-state index contributed by atoms with van der Waals surface area (Å²) in [6, 6.07) is 38.1. The number of allylic oxidation sites excluding steroid dienone is 2. The molecule has 6 aromatic rings. The number of furan rings is 2. The second-order valence-corrected chi connectivity index (χ2v) is 16.9. The van der Waals surface area contributed by atoms with Gasteiger partial charge in [0.2, 0.25) is 0 Å². The molecule has 1 radical (unpaired) electrons. The van der Waals surface area contributed by atoms with Crippen LogP contribution in [-0.2, 0) is 12.8 Å². The van der Waals surface area contributed by atoms with Crippen LogP contribution < -0.4 is 0 Å².